The van der Waals surface area contributed by atoms with Crippen LogP contribution in [0.15, 0.2) is 196 Å². The average molecular weight is 2380 g/mol. The minimum Gasteiger partial charge on any atom is -0.443 e. The fourth-order valence-electron chi connectivity index (χ4n) is 17.3. The number of halogens is 7. The number of carbonyl (C=O) groups is 6. The molecule has 1 atom stereocenters. The van der Waals surface area contributed by atoms with Gasteiger partial charge in [0, 0.05) is 144 Å². The van der Waals surface area contributed by atoms with Gasteiger partial charge in [-0.05, 0) is 249 Å². The second kappa shape index (κ2) is 55.1. The molecule has 5 N–H and O–H groups in total. The first-order valence-electron chi connectivity index (χ1n) is 47.5. The van der Waals surface area contributed by atoms with Crippen LogP contribution in [0.3, 0.4) is 0 Å². The number of hydrogen-bond donors (Lipinski definition) is 4. The quantitative estimate of drug-likeness (QED) is 0.0153. The number of carbonyl (C=O) groups excluding carboxylic acids is 6. The van der Waals surface area contributed by atoms with Gasteiger partial charge in [-0.25, -0.2) is 69.0 Å². The van der Waals surface area contributed by atoms with Gasteiger partial charge >= 0.3 is 18.3 Å². The van der Waals surface area contributed by atoms with Gasteiger partial charge in [0.1, 0.15) is 64.8 Å². The summed E-state index contributed by atoms with van der Waals surface area (Å²) >= 11 is 44.1. The van der Waals surface area contributed by atoms with Gasteiger partial charge in [-0.2, -0.15) is 0 Å². The fraction of sp³-hybridized carbons (Fsp3) is 0.356. The Morgan fingerprint density at radius 1 is 0.450 bits per heavy atom. The molecule has 16 heterocycles. The first-order valence-corrected chi connectivity index (χ1v) is 59.2. The minimum atomic E-state index is -2.18. The molecule has 149 heavy (non-hydrogen) atoms. The van der Waals surface area contributed by atoms with Crippen molar-refractivity contribution < 1.29 is 48.1 Å². The lowest BCUT2D eigenvalue weighted by molar-refractivity contribution is 0.0566. The molecule has 0 bridgehead atoms. The maximum absolute atomic E-state index is 13.3. The molecule has 0 aromatic carbocycles. The van der Waals surface area contributed by atoms with Crippen molar-refractivity contribution in [2.45, 2.75) is 241 Å². The number of hydrogen-bond acceptors (Lipinski definition) is 30. The summed E-state index contributed by atoms with van der Waals surface area (Å²) in [6, 6.07) is 30.6. The third-order valence-corrected chi connectivity index (χ3v) is 44.8. The summed E-state index contributed by atoms with van der Waals surface area (Å²) in [4.78, 5) is 135. The highest BCUT2D eigenvalue weighted by Gasteiger charge is 2.49. The summed E-state index contributed by atoms with van der Waals surface area (Å²) in [5.41, 5.74) is 16.2. The predicted molar refractivity (Wildman–Crippen MR) is 618 cm³/mol. The van der Waals surface area contributed by atoms with Crippen molar-refractivity contribution in [1.29, 1.82) is 0 Å². The molecule has 790 valence electrons. The number of aliphatic hydroxyl groups is 1. The summed E-state index contributed by atoms with van der Waals surface area (Å²) in [7, 11) is -3.88. The molecular weight excluding hydrogens is 2260 g/mol. The van der Waals surface area contributed by atoms with E-state index in [0.717, 1.165) is 88.6 Å². The van der Waals surface area contributed by atoms with Gasteiger partial charge in [0.15, 0.2) is 75.8 Å². The summed E-state index contributed by atoms with van der Waals surface area (Å²) in [5, 5.41) is 21.0. The molecule has 0 fully saturated rings. The zero-order valence-corrected chi connectivity index (χ0v) is 99.2. The number of H-pyrrole nitrogens is 1. The molecule has 0 aliphatic carbocycles. The third-order valence-electron chi connectivity index (χ3n) is 23.3. The molecule has 16 aromatic heterocycles. The van der Waals surface area contributed by atoms with E-state index in [1.807, 2.05) is 139 Å². The lowest BCUT2D eigenvalue weighted by Gasteiger charge is -2.44. The molecule has 45 heteroatoms. The fourth-order valence-corrected chi connectivity index (χ4v) is 37.2. The Morgan fingerprint density at radius 2 is 0.812 bits per heavy atom. The molecule has 3 amide bonds. The molecule has 0 radical (unpaired) electrons. The van der Waals surface area contributed by atoms with Crippen LogP contribution in [-0.2, 0) is 53.4 Å². The van der Waals surface area contributed by atoms with Crippen molar-refractivity contribution in [3.05, 3.63) is 293 Å². The van der Waals surface area contributed by atoms with E-state index in [-0.39, 0.29) is 38.6 Å². The van der Waals surface area contributed by atoms with Crippen LogP contribution >= 0.6 is 149 Å². The molecule has 16 aromatic rings. The van der Waals surface area contributed by atoms with Gasteiger partial charge in [0.05, 0.1) is 29.4 Å². The number of thiazole rings is 5. The Kier molecular flexibility index (Phi) is 44.5. The molecular formula is C104H122Cl6IN21O10S5Si2. The first kappa shape index (κ1) is 120. The Bertz CT molecular complexity index is 7030. The highest BCUT2D eigenvalue weighted by Crippen LogP contribution is 2.49. The lowest BCUT2D eigenvalue weighted by Crippen LogP contribution is -2.51. The van der Waals surface area contributed by atoms with Gasteiger partial charge in [-0.3, -0.25) is 39.3 Å². The molecule has 0 saturated carbocycles. The zero-order valence-electron chi connectivity index (χ0n) is 86.4. The van der Waals surface area contributed by atoms with E-state index in [9.17, 15) is 33.9 Å². The van der Waals surface area contributed by atoms with E-state index in [2.05, 4.69) is 198 Å². The first-order chi connectivity index (χ1) is 70.6. The van der Waals surface area contributed by atoms with Crippen LogP contribution in [0.25, 0.3) is 33.1 Å². The summed E-state index contributed by atoms with van der Waals surface area (Å²) in [6.45, 7) is 46.5. The average Bonchev–Trinajstić information content (AvgIpc) is 1.57. The van der Waals surface area contributed by atoms with E-state index in [1.165, 1.54) is 63.3 Å². The number of fused-ring (bicyclic) bond motifs is 3. The Labute approximate surface area is 933 Å². The minimum absolute atomic E-state index is 0.0725. The van der Waals surface area contributed by atoms with Crippen LogP contribution in [0.4, 0.5) is 34.9 Å². The number of aliphatic hydroxyl groups excluding tert-OH is 1. The number of anilines is 4. The van der Waals surface area contributed by atoms with E-state index < -0.39 is 57.7 Å². The van der Waals surface area contributed by atoms with Crippen LogP contribution in [0.2, 0.25) is 63.5 Å². The van der Waals surface area contributed by atoms with Crippen molar-refractivity contribution in [2.24, 2.45) is 5.73 Å². The molecule has 1 unspecified atom stereocenters. The van der Waals surface area contributed by atoms with Crippen LogP contribution in [0, 0.1) is 3.57 Å². The number of rotatable bonds is 28. The molecule has 16 rings (SSSR count). The van der Waals surface area contributed by atoms with Crippen LogP contribution < -0.4 is 25.8 Å². The lowest BCUT2D eigenvalue weighted by atomic mass is 10.1. The highest BCUT2D eigenvalue weighted by atomic mass is 127. The third kappa shape index (κ3) is 32.3. The Hall–Kier alpha value is -10.6. The maximum atomic E-state index is 13.3. The molecule has 0 aliphatic rings. The number of aromatic amines is 1. The number of nitrogens with one attached hydrogen (secondary N) is 2. The van der Waals surface area contributed by atoms with E-state index in [4.69, 9.17) is 99.5 Å². The second-order valence-electron chi connectivity index (χ2n) is 38.7. The normalized spacial score (nSPS) is 11.8. The number of amides is 3. The van der Waals surface area contributed by atoms with Crippen molar-refractivity contribution in [1.82, 2.24) is 78.2 Å². The largest absolute Gasteiger partial charge is 0.443 e. The maximum Gasteiger partial charge on any atom is 0.416 e. The number of nitrogens with two attached hydrogens (primary N) is 1. The zero-order chi connectivity index (χ0) is 109. The van der Waals surface area contributed by atoms with Crippen molar-refractivity contribution in [3.8, 4) is 0 Å². The van der Waals surface area contributed by atoms with Crippen LogP contribution in [-0.4, -0.2) is 154 Å². The smallest absolute Gasteiger partial charge is 0.416 e. The number of ether oxygens (including phenoxy) is 3. The van der Waals surface area contributed by atoms with Gasteiger partial charge in [-0.1, -0.05) is 209 Å². The standard InChI is InChI=1S/C31H42ClN5O3SSi.C22H22ClN5O2S.C16H25IN2Si.C15H16ClN3O3S.C10H8ClN3OS.C6H8N2.C4HCl2NOS/c1-19(2)42(20(3)4,21(5)6)37-18-24(23-11-10-14-34-28(23)37)25(38)26-27(32)35-29(41-26)36(30(39)40-31(7,8)9)17-22-12-15-33-16-13-22;1-22(2,3)30-21(29)28(13-14-6-9-24-10-7-14)20-27-18(23)17(31-20)11-15-12-26-19-16(15)5-4-8-25-19;1-11(2)20(12(3)4,13(5)6)19-10-15(17)14-8-7-9-18-16(14)19;1-15(2,3)22-14(21)19(8-10-4-6-17-7-5-10)13-18-12(16)11(9-20)23-13;11-9-8(6-15)16-10(14-9)13-5-7-1-3-12-4-2-7;7-5-6-1-3-8-4-2-6;5-3-2(1-8)9-4(6)7-3/h10-16,18-21,25,38H,17H2,1-9H3;4-10,12H,11,13H2,1-3H3,(H,25,26);7-13H,1-6H3;4-7,9H,8H2,1-3H3;1-4,6H,5H2,(H,13,14);1-4H,5,7H2;1H. The molecule has 0 spiro atoms. The van der Waals surface area contributed by atoms with Crippen LogP contribution in [0.1, 0.15) is 229 Å². The summed E-state index contributed by atoms with van der Waals surface area (Å²) in [5.74, 6) is 0. The Balaban J connectivity index is 0.000000188. The second-order valence-corrected chi connectivity index (χ2v) is 58.9. The molecule has 31 nitrogen and oxygen atoms in total. The van der Waals surface area contributed by atoms with E-state index in [1.54, 1.807) is 101 Å². The molecule has 0 aliphatic heterocycles. The highest BCUT2D eigenvalue weighted by molar-refractivity contribution is 14.1. The van der Waals surface area contributed by atoms with E-state index >= 15 is 0 Å². The van der Waals surface area contributed by atoms with Crippen molar-refractivity contribution in [2.75, 3.05) is 20.0 Å². The van der Waals surface area contributed by atoms with E-state index in [0.29, 0.717) is 123 Å². The molecule has 0 saturated heterocycles. The number of aldehydes is 3. The monoisotopic (exact) mass is 2380 g/mol. The van der Waals surface area contributed by atoms with Gasteiger partial charge in [-0.15, -0.1) is 0 Å². The van der Waals surface area contributed by atoms with Gasteiger partial charge in [0.2, 0.25) is 0 Å². The number of pyridine rings is 8. The number of aromatic nitrogens is 16. The van der Waals surface area contributed by atoms with Crippen molar-refractivity contribution >= 4 is 256 Å². The topological polar surface area (TPSA) is 391 Å². The van der Waals surface area contributed by atoms with Crippen molar-refractivity contribution in [3.63, 3.8) is 0 Å². The predicted octanol–water partition coefficient (Wildman–Crippen LogP) is 29.2. The SMILES string of the molecule is CC(C)(C)OC(=O)N(Cc1ccncc1)c1nc(Cl)c(C=O)s1.CC(C)(C)OC(=O)N(Cc1ccncc1)c1nc(Cl)c(Cc2c[nH]c3ncccc23)s1.CC(C)[Si](C(C)C)(C(C)C)n1cc(C(O)c2sc(N(Cc3ccncc3)C(=O)OC(C)(C)C)nc2Cl)c2cccnc21.CC(C)[Si](C(C)C)(C(C)C)n1cc(I)c2cccnc21.NCc1ccncc1.O=Cc1sc(Cl)nc1Cl.O=Cc1sc(NCc2ccncc2)nc1Cl. The summed E-state index contributed by atoms with van der Waals surface area (Å²) in [6.07, 6.45) is 28.7. The number of nitrogens with zero attached hydrogens (tertiary/aromatic N) is 18. The van der Waals surface area contributed by atoms with Gasteiger partial charge < -0.3 is 43.8 Å². The van der Waals surface area contributed by atoms with Gasteiger partial charge in [0.25, 0.3) is 0 Å². The Morgan fingerprint density at radius 3 is 1.21 bits per heavy atom. The summed E-state index contributed by atoms with van der Waals surface area (Å²) < 4.78 is 23.3. The van der Waals surface area contributed by atoms with Crippen LogP contribution in [0.5, 0.6) is 0 Å².